The summed E-state index contributed by atoms with van der Waals surface area (Å²) in [5.74, 6) is 0.929. The fraction of sp³-hybridized carbons (Fsp3) is 0.294. The Morgan fingerprint density at radius 3 is 2.33 bits per heavy atom. The maximum Gasteiger partial charge on any atom is 0.222 e. The van der Waals surface area contributed by atoms with Crippen LogP contribution in [0.3, 0.4) is 0 Å². The van der Waals surface area contributed by atoms with Crippen molar-refractivity contribution >= 4 is 40.0 Å². The molecular weight excluding hydrogens is 581 g/mol. The summed E-state index contributed by atoms with van der Waals surface area (Å²) < 4.78 is 7.33. The Labute approximate surface area is 263 Å². The Morgan fingerprint density at radius 2 is 1.67 bits per heavy atom. The molecule has 1 saturated heterocycles. The number of aromatic amines is 1. The van der Waals surface area contributed by atoms with Gasteiger partial charge in [-0.05, 0) is 36.9 Å². The summed E-state index contributed by atoms with van der Waals surface area (Å²) in [6, 6.07) is 23.9. The van der Waals surface area contributed by atoms with Crippen LogP contribution in [0.1, 0.15) is 17.8 Å². The van der Waals surface area contributed by atoms with Crippen molar-refractivity contribution in [3.8, 4) is 22.5 Å². The average molecular weight is 619 g/mol. The van der Waals surface area contributed by atoms with Gasteiger partial charge < -0.3 is 24.1 Å². The van der Waals surface area contributed by atoms with Gasteiger partial charge in [-0.3, -0.25) is 4.79 Å². The normalized spacial score (nSPS) is 13.5. The van der Waals surface area contributed by atoms with Gasteiger partial charge in [-0.1, -0.05) is 71.7 Å². The van der Waals surface area contributed by atoms with E-state index >= 15 is 0 Å². The van der Waals surface area contributed by atoms with Crippen molar-refractivity contribution in [1.29, 1.82) is 0 Å². The number of rotatable bonds is 7. The number of hydrogen-bond donors (Lipinski definition) is 1. The molecule has 0 radical (unpaired) electrons. The lowest BCUT2D eigenvalue weighted by Crippen LogP contribution is -2.32. The number of H-pyrrole nitrogens is 1. The smallest absolute Gasteiger partial charge is 0.222 e. The molecule has 5 aromatic rings. The molecule has 1 aliphatic heterocycles. The molecular formula is C34H37Cl2N5O2. The molecule has 1 N–H and O–H groups in total. The number of aryl methyl sites for hydroxylation is 1. The highest BCUT2D eigenvalue weighted by Crippen LogP contribution is 2.38. The molecule has 1 aliphatic rings. The van der Waals surface area contributed by atoms with E-state index in [1.165, 1.54) is 0 Å². The first-order chi connectivity index (χ1) is 20.8. The van der Waals surface area contributed by atoms with Gasteiger partial charge in [-0.2, -0.15) is 0 Å². The van der Waals surface area contributed by atoms with E-state index in [4.69, 9.17) is 32.9 Å². The van der Waals surface area contributed by atoms with Crippen molar-refractivity contribution in [3.05, 3.63) is 100 Å². The first-order valence-electron chi connectivity index (χ1n) is 14.4. The summed E-state index contributed by atoms with van der Waals surface area (Å²) in [5, 5.41) is 2.43. The van der Waals surface area contributed by atoms with Gasteiger partial charge in [-0.25, -0.2) is 4.98 Å². The number of benzene rings is 3. The molecule has 3 aromatic carbocycles. The predicted molar refractivity (Wildman–Crippen MR) is 176 cm³/mol. The number of nitrogens with zero attached hydrogens (tertiary/aromatic N) is 4. The first kappa shape index (κ1) is 30.8. The lowest BCUT2D eigenvalue weighted by atomic mass is 10.0. The van der Waals surface area contributed by atoms with Crippen LogP contribution in [0.25, 0.3) is 33.4 Å². The molecule has 0 atom stereocenters. The van der Waals surface area contributed by atoms with Gasteiger partial charge in [-0.15, -0.1) is 0 Å². The number of ether oxygens (including phenoxy) is 1. The molecule has 0 aliphatic carbocycles. The summed E-state index contributed by atoms with van der Waals surface area (Å²) in [7, 11) is 5.67. The maximum atomic E-state index is 12.5. The molecule has 224 valence electrons. The summed E-state index contributed by atoms with van der Waals surface area (Å²) in [6.07, 6.45) is 2.91. The Bertz CT molecular complexity index is 1660. The minimum atomic E-state index is 0.0700. The van der Waals surface area contributed by atoms with E-state index in [0.717, 1.165) is 71.1 Å². The van der Waals surface area contributed by atoms with E-state index in [2.05, 4.69) is 33.6 Å². The summed E-state index contributed by atoms with van der Waals surface area (Å²) in [4.78, 5) is 24.9. The van der Waals surface area contributed by atoms with Crippen molar-refractivity contribution in [1.82, 2.24) is 24.3 Å². The molecule has 2 aromatic heterocycles. The zero-order chi connectivity index (χ0) is 30.3. The largest absolute Gasteiger partial charge is 0.379 e. The van der Waals surface area contributed by atoms with Crippen molar-refractivity contribution in [2.24, 2.45) is 0 Å². The number of fused-ring (bicyclic) bond motifs is 1. The van der Waals surface area contributed by atoms with E-state index in [1.54, 1.807) is 19.0 Å². The quantitative estimate of drug-likeness (QED) is 0.213. The van der Waals surface area contributed by atoms with Gasteiger partial charge in [0.2, 0.25) is 5.91 Å². The van der Waals surface area contributed by atoms with Crippen molar-refractivity contribution in [3.63, 3.8) is 0 Å². The Kier molecular flexibility index (Phi) is 10.2. The third kappa shape index (κ3) is 7.67. The zero-order valence-electron chi connectivity index (χ0n) is 24.8. The van der Waals surface area contributed by atoms with Gasteiger partial charge in [0.25, 0.3) is 0 Å². The van der Waals surface area contributed by atoms with Crippen molar-refractivity contribution in [2.45, 2.75) is 19.4 Å². The lowest BCUT2D eigenvalue weighted by molar-refractivity contribution is -0.128. The maximum absolute atomic E-state index is 12.5. The molecule has 9 heteroatoms. The molecule has 0 unspecified atom stereocenters. The first-order valence-corrected chi connectivity index (χ1v) is 15.2. The highest BCUT2D eigenvalue weighted by atomic mass is 35.5. The van der Waals surface area contributed by atoms with Gasteiger partial charge in [0.1, 0.15) is 5.82 Å². The second kappa shape index (κ2) is 14.2. The standard InChI is InChI=1S/C29H26Cl2N4O.C5H11NO/c1-34(2)27(36)15-14-26-33-28(20-6-4-3-5-7-20)29(35(26)18-19-8-10-21(30)11-9-19)24-17-32-25-16-22(31)12-13-23(24)25;1-6-2-4-7-5-3-6/h3-13,16-17,32H,14-15,18H2,1-2H3;2-5H2,1H3. The van der Waals surface area contributed by atoms with E-state index in [-0.39, 0.29) is 5.91 Å². The highest BCUT2D eigenvalue weighted by molar-refractivity contribution is 6.31. The topological polar surface area (TPSA) is 66.4 Å². The molecule has 3 heterocycles. The summed E-state index contributed by atoms with van der Waals surface area (Å²) >= 11 is 12.4. The Morgan fingerprint density at radius 1 is 0.977 bits per heavy atom. The van der Waals surface area contributed by atoms with Gasteiger partial charge >= 0.3 is 0 Å². The number of morpholine rings is 1. The molecule has 0 bridgehead atoms. The number of hydrogen-bond acceptors (Lipinski definition) is 4. The van der Waals surface area contributed by atoms with Crippen LogP contribution in [0, 0.1) is 0 Å². The molecule has 43 heavy (non-hydrogen) atoms. The van der Waals surface area contributed by atoms with E-state index < -0.39 is 0 Å². The number of halogens is 2. The second-order valence-corrected chi connectivity index (χ2v) is 11.8. The number of amides is 1. The minimum absolute atomic E-state index is 0.0700. The highest BCUT2D eigenvalue weighted by Gasteiger charge is 2.23. The van der Waals surface area contributed by atoms with Crippen LogP contribution >= 0.6 is 23.2 Å². The van der Waals surface area contributed by atoms with Crippen LogP contribution in [0.2, 0.25) is 10.0 Å². The minimum Gasteiger partial charge on any atom is -0.379 e. The monoisotopic (exact) mass is 617 g/mol. The number of carbonyl (C=O) groups is 1. The average Bonchev–Trinajstić information content (AvgIpc) is 3.58. The van der Waals surface area contributed by atoms with Crippen LogP contribution in [-0.4, -0.2) is 77.7 Å². The number of nitrogens with one attached hydrogen (secondary N) is 1. The van der Waals surface area contributed by atoms with Gasteiger partial charge in [0, 0.05) is 84.8 Å². The number of likely N-dealkylation sites (N-methyl/N-ethyl adjacent to an activating group) is 1. The number of imidazole rings is 1. The van der Waals surface area contributed by atoms with Gasteiger partial charge in [0.05, 0.1) is 24.6 Å². The van der Waals surface area contributed by atoms with Crippen molar-refractivity contribution < 1.29 is 9.53 Å². The third-order valence-electron chi connectivity index (χ3n) is 7.54. The van der Waals surface area contributed by atoms with Gasteiger partial charge in [0.15, 0.2) is 0 Å². The number of carbonyl (C=O) groups excluding carboxylic acids is 1. The molecule has 0 spiro atoms. The summed E-state index contributed by atoms with van der Waals surface area (Å²) in [5.41, 5.74) is 5.99. The van der Waals surface area contributed by atoms with E-state index in [9.17, 15) is 4.79 Å². The summed E-state index contributed by atoms with van der Waals surface area (Å²) in [6.45, 7) is 4.62. The predicted octanol–water partition coefficient (Wildman–Crippen LogP) is 7.02. The molecule has 0 saturated carbocycles. The second-order valence-electron chi connectivity index (χ2n) is 10.9. The van der Waals surface area contributed by atoms with E-state index in [1.807, 2.05) is 66.9 Å². The van der Waals surface area contributed by atoms with Crippen LogP contribution in [0.15, 0.2) is 79.0 Å². The van der Waals surface area contributed by atoms with Crippen LogP contribution in [-0.2, 0) is 22.5 Å². The molecule has 6 rings (SSSR count). The molecule has 1 fully saturated rings. The SMILES string of the molecule is CN(C)C(=O)CCc1nc(-c2ccccc2)c(-c2c[nH]c3cc(Cl)ccc23)n1Cc1ccc(Cl)cc1.CN1CCOCC1. The van der Waals surface area contributed by atoms with Crippen molar-refractivity contribution in [2.75, 3.05) is 47.4 Å². The number of aromatic nitrogens is 3. The Balaban J connectivity index is 0.000000463. The van der Waals surface area contributed by atoms with Crippen LogP contribution < -0.4 is 0 Å². The Hall–Kier alpha value is -3.62. The van der Waals surface area contributed by atoms with Crippen LogP contribution in [0.4, 0.5) is 0 Å². The van der Waals surface area contributed by atoms with E-state index in [0.29, 0.717) is 29.4 Å². The third-order valence-corrected chi connectivity index (χ3v) is 8.03. The lowest BCUT2D eigenvalue weighted by Gasteiger charge is -2.21. The zero-order valence-corrected chi connectivity index (χ0v) is 26.3. The molecule has 1 amide bonds. The molecule has 7 nitrogen and oxygen atoms in total. The fourth-order valence-electron chi connectivity index (χ4n) is 5.09. The fourth-order valence-corrected chi connectivity index (χ4v) is 5.39. The van der Waals surface area contributed by atoms with Crippen LogP contribution in [0.5, 0.6) is 0 Å².